The van der Waals surface area contributed by atoms with Crippen molar-refractivity contribution in [2.75, 3.05) is 19.7 Å². The summed E-state index contributed by atoms with van der Waals surface area (Å²) in [4.78, 5) is 16.8. The number of pyridine rings is 2. The standard InChI is InChI=1S/C31H33F2N7O2/c32-28(33)18-40-31-22(16-34-40)8-9-23(35-31)20-42-30-7-3-5-25(37-30)21-10-13-38(14-11-21)19-29-36-26-4-1-2-6-27(26)39(29)17-24-12-15-41-24/h1-9,16,21,24,28H,10-15,17-20H2/t24-/m0/s1. The Morgan fingerprint density at radius 1 is 0.952 bits per heavy atom. The number of halogens is 2. The minimum Gasteiger partial charge on any atom is -0.471 e. The second-order valence-electron chi connectivity index (χ2n) is 11.1. The minimum absolute atomic E-state index is 0.192. The molecule has 9 nitrogen and oxygen atoms in total. The van der Waals surface area contributed by atoms with Gasteiger partial charge in [-0.1, -0.05) is 18.2 Å². The van der Waals surface area contributed by atoms with Crippen LogP contribution in [0.2, 0.25) is 0 Å². The molecule has 1 atom stereocenters. The lowest BCUT2D eigenvalue weighted by atomic mass is 9.93. The number of alkyl halides is 2. The number of nitrogens with zero attached hydrogens (tertiary/aromatic N) is 7. The number of piperidine rings is 1. The maximum Gasteiger partial charge on any atom is 0.258 e. The van der Waals surface area contributed by atoms with Gasteiger partial charge < -0.3 is 14.0 Å². The predicted molar refractivity (Wildman–Crippen MR) is 153 cm³/mol. The largest absolute Gasteiger partial charge is 0.471 e. The molecule has 0 spiro atoms. The molecule has 2 aliphatic rings. The Kier molecular flexibility index (Phi) is 7.52. The zero-order valence-corrected chi connectivity index (χ0v) is 23.3. The van der Waals surface area contributed by atoms with Gasteiger partial charge in [0.15, 0.2) is 5.65 Å². The second kappa shape index (κ2) is 11.7. The van der Waals surface area contributed by atoms with E-state index in [1.807, 2.05) is 30.3 Å². The Hall–Kier alpha value is -3.96. The topological polar surface area (TPSA) is 83.1 Å². The highest BCUT2D eigenvalue weighted by Gasteiger charge is 2.26. The molecule has 0 radical (unpaired) electrons. The maximum absolute atomic E-state index is 12.9. The molecule has 11 heteroatoms. The molecule has 6 heterocycles. The van der Waals surface area contributed by atoms with Gasteiger partial charge in [-0.2, -0.15) is 5.10 Å². The highest BCUT2D eigenvalue weighted by molar-refractivity contribution is 5.76. The van der Waals surface area contributed by atoms with Crippen molar-refractivity contribution in [1.82, 2.24) is 34.2 Å². The number of rotatable bonds is 10. The van der Waals surface area contributed by atoms with E-state index >= 15 is 0 Å². The molecule has 2 aliphatic heterocycles. The zero-order chi connectivity index (χ0) is 28.5. The summed E-state index contributed by atoms with van der Waals surface area (Å²) in [5.41, 5.74) is 4.30. The van der Waals surface area contributed by atoms with Gasteiger partial charge in [-0.15, -0.1) is 0 Å². The SMILES string of the molecule is FC(F)Cn1ncc2ccc(COc3cccc(C4CCN(Cc5nc6ccccc6n5C[C@@H]5CCO5)CC4)n3)nc21. The molecule has 0 N–H and O–H groups in total. The Morgan fingerprint density at radius 2 is 1.81 bits per heavy atom. The number of benzene rings is 1. The maximum atomic E-state index is 12.9. The molecular weight excluding hydrogens is 540 g/mol. The summed E-state index contributed by atoms with van der Waals surface area (Å²) >= 11 is 0. The molecule has 4 aromatic heterocycles. The normalized spacial score (nSPS) is 18.2. The summed E-state index contributed by atoms with van der Waals surface area (Å²) in [6.45, 7) is 4.16. The van der Waals surface area contributed by atoms with Crippen LogP contribution in [0.1, 0.15) is 42.4 Å². The molecule has 42 heavy (non-hydrogen) atoms. The Balaban J connectivity index is 0.974. The molecule has 2 saturated heterocycles. The molecule has 2 fully saturated rings. The molecule has 5 aromatic rings. The zero-order valence-electron chi connectivity index (χ0n) is 23.3. The third-order valence-corrected chi connectivity index (χ3v) is 8.25. The van der Waals surface area contributed by atoms with E-state index in [0.29, 0.717) is 23.1 Å². The third kappa shape index (κ3) is 5.71. The van der Waals surface area contributed by atoms with Gasteiger partial charge in [-0.3, -0.25) is 4.90 Å². The predicted octanol–water partition coefficient (Wildman–Crippen LogP) is 5.19. The highest BCUT2D eigenvalue weighted by atomic mass is 19.3. The van der Waals surface area contributed by atoms with Crippen molar-refractivity contribution in [3.8, 4) is 5.88 Å². The molecule has 0 aliphatic carbocycles. The van der Waals surface area contributed by atoms with Crippen molar-refractivity contribution in [1.29, 1.82) is 0 Å². The van der Waals surface area contributed by atoms with E-state index in [1.54, 1.807) is 6.20 Å². The first-order valence-electron chi connectivity index (χ1n) is 14.6. The number of likely N-dealkylation sites (tertiary alicyclic amines) is 1. The molecular formula is C31H33F2N7O2. The van der Waals surface area contributed by atoms with Crippen molar-refractivity contribution in [3.63, 3.8) is 0 Å². The average molecular weight is 574 g/mol. The van der Waals surface area contributed by atoms with Crippen molar-refractivity contribution < 1.29 is 18.3 Å². The first-order chi connectivity index (χ1) is 20.6. The lowest BCUT2D eigenvalue weighted by Crippen LogP contribution is -2.35. The van der Waals surface area contributed by atoms with E-state index in [4.69, 9.17) is 19.4 Å². The Bertz CT molecular complexity index is 1670. The van der Waals surface area contributed by atoms with Crippen molar-refractivity contribution in [2.45, 2.75) is 64.0 Å². The summed E-state index contributed by atoms with van der Waals surface area (Å²) in [6.07, 6.45) is 2.45. The van der Waals surface area contributed by atoms with Crippen LogP contribution in [0.3, 0.4) is 0 Å². The summed E-state index contributed by atoms with van der Waals surface area (Å²) in [6, 6.07) is 17.9. The summed E-state index contributed by atoms with van der Waals surface area (Å²) in [5.74, 6) is 1.98. The van der Waals surface area contributed by atoms with Crippen LogP contribution < -0.4 is 4.74 Å². The van der Waals surface area contributed by atoms with E-state index in [2.05, 4.69) is 43.8 Å². The fraction of sp³-hybridized carbons (Fsp3) is 0.419. The molecule has 1 aromatic carbocycles. The number of para-hydroxylation sites is 2. The summed E-state index contributed by atoms with van der Waals surface area (Å²) in [7, 11) is 0. The number of aromatic nitrogens is 6. The van der Waals surface area contributed by atoms with Gasteiger partial charge in [0, 0.05) is 29.7 Å². The number of hydrogen-bond donors (Lipinski definition) is 0. The smallest absolute Gasteiger partial charge is 0.258 e. The van der Waals surface area contributed by atoms with E-state index in [1.165, 1.54) is 10.2 Å². The van der Waals surface area contributed by atoms with E-state index in [-0.39, 0.29) is 12.7 Å². The van der Waals surface area contributed by atoms with E-state index in [0.717, 1.165) is 74.5 Å². The van der Waals surface area contributed by atoms with Crippen LogP contribution in [-0.4, -0.2) is 66.4 Å². The fourth-order valence-electron chi connectivity index (χ4n) is 5.89. The first-order valence-corrected chi connectivity index (χ1v) is 14.6. The Morgan fingerprint density at radius 3 is 2.62 bits per heavy atom. The van der Waals surface area contributed by atoms with Gasteiger partial charge in [-0.25, -0.2) is 28.4 Å². The van der Waals surface area contributed by atoms with Crippen LogP contribution in [0.15, 0.2) is 60.8 Å². The molecule has 7 rings (SSSR count). The summed E-state index contributed by atoms with van der Waals surface area (Å²) in [5, 5.41) is 4.74. The first kappa shape index (κ1) is 26.9. The molecule has 0 amide bonds. The molecule has 0 unspecified atom stereocenters. The number of fused-ring (bicyclic) bond motifs is 2. The molecule has 0 saturated carbocycles. The van der Waals surface area contributed by atoms with Crippen LogP contribution in [-0.2, 0) is 31.0 Å². The average Bonchev–Trinajstić information content (AvgIpc) is 3.54. The van der Waals surface area contributed by atoms with Crippen LogP contribution in [0.4, 0.5) is 8.78 Å². The highest BCUT2D eigenvalue weighted by Crippen LogP contribution is 2.29. The van der Waals surface area contributed by atoms with Gasteiger partial charge in [0.2, 0.25) is 5.88 Å². The lowest BCUT2D eigenvalue weighted by Gasteiger charge is -2.32. The number of ether oxygens (including phenoxy) is 2. The van der Waals surface area contributed by atoms with Gasteiger partial charge in [0.1, 0.15) is 19.0 Å². The molecule has 218 valence electrons. The summed E-state index contributed by atoms with van der Waals surface area (Å²) < 4.78 is 41.0. The van der Waals surface area contributed by atoms with Gasteiger partial charge in [0.25, 0.3) is 6.43 Å². The van der Waals surface area contributed by atoms with Crippen molar-refractivity contribution >= 4 is 22.1 Å². The van der Waals surface area contributed by atoms with Crippen LogP contribution in [0.25, 0.3) is 22.1 Å². The van der Waals surface area contributed by atoms with Gasteiger partial charge in [-0.05, 0) is 62.7 Å². The van der Waals surface area contributed by atoms with Crippen molar-refractivity contribution in [3.05, 3.63) is 78.0 Å². The quantitative estimate of drug-likeness (QED) is 0.227. The Labute approximate surface area is 242 Å². The third-order valence-electron chi connectivity index (χ3n) is 8.25. The number of hydrogen-bond acceptors (Lipinski definition) is 7. The lowest BCUT2D eigenvalue weighted by molar-refractivity contribution is -0.0592. The van der Waals surface area contributed by atoms with Gasteiger partial charge in [0.05, 0.1) is 42.1 Å². The second-order valence-corrected chi connectivity index (χ2v) is 11.1. The van der Waals surface area contributed by atoms with Crippen molar-refractivity contribution in [2.24, 2.45) is 0 Å². The van der Waals surface area contributed by atoms with Crippen LogP contribution in [0.5, 0.6) is 5.88 Å². The van der Waals surface area contributed by atoms with E-state index in [9.17, 15) is 8.78 Å². The molecule has 0 bridgehead atoms. The number of imidazole rings is 1. The minimum atomic E-state index is -2.50. The van der Waals surface area contributed by atoms with Crippen LogP contribution in [0, 0.1) is 0 Å². The monoisotopic (exact) mass is 573 g/mol. The van der Waals surface area contributed by atoms with Crippen LogP contribution >= 0.6 is 0 Å². The van der Waals surface area contributed by atoms with Gasteiger partial charge >= 0.3 is 0 Å². The van der Waals surface area contributed by atoms with E-state index < -0.39 is 13.0 Å². The fourth-order valence-corrected chi connectivity index (χ4v) is 5.89.